The average molecular weight is 249 g/mol. The standard InChI is InChI=1S/C12H19N5O/c1-18-10-9-16(7-2-4-13)12-11-3-5-15-17(11)8-6-14-12/h3,5-6,8H,2,4,7,9-10,13H2,1H3. The van der Waals surface area contributed by atoms with E-state index < -0.39 is 0 Å². The third kappa shape index (κ3) is 2.77. The predicted molar refractivity (Wildman–Crippen MR) is 70.7 cm³/mol. The number of nitrogens with zero attached hydrogens (tertiary/aromatic N) is 4. The quantitative estimate of drug-likeness (QED) is 0.775. The predicted octanol–water partition coefficient (Wildman–Crippen LogP) is 0.531. The molecule has 2 aromatic rings. The van der Waals surface area contributed by atoms with Crippen LogP contribution in [0, 0.1) is 0 Å². The molecule has 2 heterocycles. The first-order valence-electron chi connectivity index (χ1n) is 6.09. The molecule has 0 unspecified atom stereocenters. The topological polar surface area (TPSA) is 68.7 Å². The Bertz CT molecular complexity index is 476. The van der Waals surface area contributed by atoms with Gasteiger partial charge in [0.05, 0.1) is 12.8 Å². The summed E-state index contributed by atoms with van der Waals surface area (Å²) in [5, 5.41) is 4.22. The Morgan fingerprint density at radius 2 is 2.28 bits per heavy atom. The Morgan fingerprint density at radius 3 is 3.06 bits per heavy atom. The Labute approximate surface area is 106 Å². The van der Waals surface area contributed by atoms with E-state index in [1.165, 1.54) is 0 Å². The SMILES string of the molecule is COCCN(CCCN)c1nccn2nccc12. The van der Waals surface area contributed by atoms with Crippen LogP contribution >= 0.6 is 0 Å². The van der Waals surface area contributed by atoms with E-state index in [2.05, 4.69) is 15.0 Å². The molecular weight excluding hydrogens is 230 g/mol. The minimum atomic E-state index is 0.668. The number of anilines is 1. The van der Waals surface area contributed by atoms with Crippen LogP contribution in [0.3, 0.4) is 0 Å². The van der Waals surface area contributed by atoms with E-state index >= 15 is 0 Å². The summed E-state index contributed by atoms with van der Waals surface area (Å²) in [6.45, 7) is 3.01. The van der Waals surface area contributed by atoms with Crippen molar-refractivity contribution in [3.05, 3.63) is 24.7 Å². The molecule has 6 heteroatoms. The lowest BCUT2D eigenvalue weighted by molar-refractivity contribution is 0.205. The molecule has 6 nitrogen and oxygen atoms in total. The minimum Gasteiger partial charge on any atom is -0.383 e. The van der Waals surface area contributed by atoms with Crippen molar-refractivity contribution >= 4 is 11.3 Å². The molecule has 0 aliphatic rings. The van der Waals surface area contributed by atoms with Crippen LogP contribution in [0.4, 0.5) is 5.82 Å². The van der Waals surface area contributed by atoms with Crippen LogP contribution in [0.1, 0.15) is 6.42 Å². The van der Waals surface area contributed by atoms with Crippen molar-refractivity contribution in [1.82, 2.24) is 14.6 Å². The fraction of sp³-hybridized carbons (Fsp3) is 0.500. The van der Waals surface area contributed by atoms with Crippen LogP contribution in [0.5, 0.6) is 0 Å². The van der Waals surface area contributed by atoms with Gasteiger partial charge in [-0.3, -0.25) is 0 Å². The molecule has 0 aliphatic carbocycles. The number of rotatable bonds is 7. The minimum absolute atomic E-state index is 0.668. The molecule has 98 valence electrons. The third-order valence-corrected chi connectivity index (χ3v) is 2.80. The van der Waals surface area contributed by atoms with E-state index in [4.69, 9.17) is 10.5 Å². The molecule has 0 atom stereocenters. The summed E-state index contributed by atoms with van der Waals surface area (Å²) in [7, 11) is 1.70. The van der Waals surface area contributed by atoms with Gasteiger partial charge in [-0.25, -0.2) is 9.50 Å². The molecule has 0 spiro atoms. The number of fused-ring (bicyclic) bond motifs is 1. The molecule has 0 bridgehead atoms. The summed E-state index contributed by atoms with van der Waals surface area (Å²) in [5.74, 6) is 0.931. The van der Waals surface area contributed by atoms with Gasteiger partial charge in [-0.15, -0.1) is 0 Å². The fourth-order valence-electron chi connectivity index (χ4n) is 1.89. The fourth-order valence-corrected chi connectivity index (χ4v) is 1.89. The van der Waals surface area contributed by atoms with E-state index in [0.717, 1.165) is 30.8 Å². The zero-order valence-electron chi connectivity index (χ0n) is 10.6. The maximum absolute atomic E-state index is 5.58. The summed E-state index contributed by atoms with van der Waals surface area (Å²) in [6.07, 6.45) is 6.31. The van der Waals surface area contributed by atoms with Crippen molar-refractivity contribution in [2.24, 2.45) is 5.73 Å². The van der Waals surface area contributed by atoms with Crippen LogP contribution in [-0.2, 0) is 4.74 Å². The molecule has 0 aromatic carbocycles. The second-order valence-corrected chi connectivity index (χ2v) is 4.03. The molecule has 2 N–H and O–H groups in total. The van der Waals surface area contributed by atoms with Gasteiger partial charge < -0.3 is 15.4 Å². The number of hydrogen-bond acceptors (Lipinski definition) is 5. The Hall–Kier alpha value is -1.66. The van der Waals surface area contributed by atoms with Crippen molar-refractivity contribution in [3.63, 3.8) is 0 Å². The first kappa shape index (κ1) is 12.8. The maximum atomic E-state index is 5.58. The second-order valence-electron chi connectivity index (χ2n) is 4.03. The average Bonchev–Trinajstić information content (AvgIpc) is 2.87. The second kappa shape index (κ2) is 6.32. The summed E-state index contributed by atoms with van der Waals surface area (Å²) in [6, 6.07) is 1.96. The Morgan fingerprint density at radius 1 is 1.39 bits per heavy atom. The largest absolute Gasteiger partial charge is 0.383 e. The monoisotopic (exact) mass is 249 g/mol. The van der Waals surface area contributed by atoms with Crippen LogP contribution in [0.25, 0.3) is 5.52 Å². The van der Waals surface area contributed by atoms with E-state index in [1.807, 2.05) is 16.8 Å². The number of hydrogen-bond donors (Lipinski definition) is 1. The van der Waals surface area contributed by atoms with Crippen molar-refractivity contribution < 1.29 is 4.74 Å². The normalized spacial score (nSPS) is 11.0. The van der Waals surface area contributed by atoms with Gasteiger partial charge >= 0.3 is 0 Å². The third-order valence-electron chi connectivity index (χ3n) is 2.80. The molecule has 2 rings (SSSR count). The molecule has 2 aromatic heterocycles. The van der Waals surface area contributed by atoms with Crippen molar-refractivity contribution in [3.8, 4) is 0 Å². The highest BCUT2D eigenvalue weighted by molar-refractivity contribution is 5.68. The molecule has 0 saturated carbocycles. The van der Waals surface area contributed by atoms with Gasteiger partial charge in [0.2, 0.25) is 0 Å². The summed E-state index contributed by atoms with van der Waals surface area (Å²) in [5.41, 5.74) is 6.59. The molecular formula is C12H19N5O. The maximum Gasteiger partial charge on any atom is 0.154 e. The van der Waals surface area contributed by atoms with Gasteiger partial charge in [0.25, 0.3) is 0 Å². The highest BCUT2D eigenvalue weighted by Crippen LogP contribution is 2.17. The molecule has 18 heavy (non-hydrogen) atoms. The van der Waals surface area contributed by atoms with E-state index in [0.29, 0.717) is 13.2 Å². The summed E-state index contributed by atoms with van der Waals surface area (Å²) in [4.78, 5) is 6.64. The number of aromatic nitrogens is 3. The van der Waals surface area contributed by atoms with Gasteiger partial charge in [0, 0.05) is 32.6 Å². The lowest BCUT2D eigenvalue weighted by Gasteiger charge is -2.23. The van der Waals surface area contributed by atoms with Crippen LogP contribution in [0.15, 0.2) is 24.7 Å². The van der Waals surface area contributed by atoms with E-state index in [9.17, 15) is 0 Å². The van der Waals surface area contributed by atoms with Crippen molar-refractivity contribution in [1.29, 1.82) is 0 Å². The first-order valence-corrected chi connectivity index (χ1v) is 6.09. The van der Waals surface area contributed by atoms with Crippen LogP contribution in [-0.4, -0.2) is 47.9 Å². The molecule has 0 aliphatic heterocycles. The van der Waals surface area contributed by atoms with E-state index in [1.54, 1.807) is 19.5 Å². The Balaban J connectivity index is 2.24. The summed E-state index contributed by atoms with van der Waals surface area (Å²) >= 11 is 0. The number of methoxy groups -OCH3 is 1. The molecule has 0 amide bonds. The van der Waals surface area contributed by atoms with Crippen LogP contribution in [0.2, 0.25) is 0 Å². The zero-order chi connectivity index (χ0) is 12.8. The van der Waals surface area contributed by atoms with Gasteiger partial charge in [-0.05, 0) is 19.0 Å². The Kier molecular flexibility index (Phi) is 4.49. The van der Waals surface area contributed by atoms with Crippen molar-refractivity contribution in [2.75, 3.05) is 38.3 Å². The molecule has 0 fully saturated rings. The lowest BCUT2D eigenvalue weighted by atomic mass is 10.3. The molecule has 0 saturated heterocycles. The first-order chi connectivity index (χ1) is 8.86. The van der Waals surface area contributed by atoms with Gasteiger partial charge in [-0.2, -0.15) is 5.10 Å². The number of ether oxygens (including phenoxy) is 1. The van der Waals surface area contributed by atoms with Crippen LogP contribution < -0.4 is 10.6 Å². The smallest absolute Gasteiger partial charge is 0.154 e. The lowest BCUT2D eigenvalue weighted by Crippen LogP contribution is -2.30. The van der Waals surface area contributed by atoms with Gasteiger partial charge in [0.15, 0.2) is 5.82 Å². The molecule has 0 radical (unpaired) electrons. The summed E-state index contributed by atoms with van der Waals surface area (Å²) < 4.78 is 6.97. The van der Waals surface area contributed by atoms with Crippen molar-refractivity contribution in [2.45, 2.75) is 6.42 Å². The van der Waals surface area contributed by atoms with Gasteiger partial charge in [0.1, 0.15) is 5.52 Å². The number of nitrogens with two attached hydrogens (primary N) is 1. The van der Waals surface area contributed by atoms with E-state index in [-0.39, 0.29) is 0 Å². The zero-order valence-corrected chi connectivity index (χ0v) is 10.6. The highest BCUT2D eigenvalue weighted by Gasteiger charge is 2.11. The highest BCUT2D eigenvalue weighted by atomic mass is 16.5. The van der Waals surface area contributed by atoms with Gasteiger partial charge in [-0.1, -0.05) is 0 Å².